The third-order valence-electron chi connectivity index (χ3n) is 3.06. The van der Waals surface area contributed by atoms with Crippen molar-refractivity contribution in [3.8, 4) is 11.5 Å². The summed E-state index contributed by atoms with van der Waals surface area (Å²) in [6.07, 6.45) is 3.31. The molecule has 6 nitrogen and oxygen atoms in total. The summed E-state index contributed by atoms with van der Waals surface area (Å²) >= 11 is 0. The molecule has 0 unspecified atom stereocenters. The molecule has 0 fully saturated rings. The molecule has 1 aliphatic heterocycles. The van der Waals surface area contributed by atoms with Crippen molar-refractivity contribution in [2.75, 3.05) is 19.8 Å². The first kappa shape index (κ1) is 12.7. The lowest BCUT2D eigenvalue weighted by atomic mass is 10.1. The van der Waals surface area contributed by atoms with Crippen LogP contribution in [-0.2, 0) is 6.54 Å². The summed E-state index contributed by atoms with van der Waals surface area (Å²) in [5.74, 6) is 1.13. The van der Waals surface area contributed by atoms with Crippen molar-refractivity contribution in [3.05, 3.63) is 42.0 Å². The average molecular weight is 273 g/mol. The van der Waals surface area contributed by atoms with Crippen LogP contribution < -0.4 is 15.2 Å². The van der Waals surface area contributed by atoms with Gasteiger partial charge in [0.15, 0.2) is 11.5 Å². The standard InChI is InChI=1S/C14H15N3O3/c15-3-4-17-8-11(16-9-17)14(18)10-1-2-12-13(7-10)20-6-5-19-12/h1-2,7-9H,3-6,15H2. The number of ketones is 1. The van der Waals surface area contributed by atoms with Gasteiger partial charge in [0.05, 0.1) is 6.33 Å². The fourth-order valence-electron chi connectivity index (χ4n) is 2.08. The highest BCUT2D eigenvalue weighted by atomic mass is 16.6. The second-order valence-electron chi connectivity index (χ2n) is 4.47. The molecular weight excluding hydrogens is 258 g/mol. The molecule has 0 amide bonds. The van der Waals surface area contributed by atoms with Gasteiger partial charge in [-0.15, -0.1) is 0 Å². The highest BCUT2D eigenvalue weighted by Crippen LogP contribution is 2.31. The van der Waals surface area contributed by atoms with Crippen LogP contribution >= 0.6 is 0 Å². The third kappa shape index (κ3) is 2.37. The number of carbonyl (C=O) groups is 1. The number of carbonyl (C=O) groups excluding carboxylic acids is 1. The minimum atomic E-state index is -0.141. The number of nitrogens with zero attached hydrogens (tertiary/aromatic N) is 2. The lowest BCUT2D eigenvalue weighted by Crippen LogP contribution is -2.16. The van der Waals surface area contributed by atoms with Crippen molar-refractivity contribution in [2.45, 2.75) is 6.54 Å². The molecule has 1 aliphatic rings. The van der Waals surface area contributed by atoms with Crippen LogP contribution in [0.1, 0.15) is 16.1 Å². The van der Waals surface area contributed by atoms with E-state index in [9.17, 15) is 4.79 Å². The molecule has 1 aromatic carbocycles. The third-order valence-corrected chi connectivity index (χ3v) is 3.06. The van der Waals surface area contributed by atoms with Gasteiger partial charge in [-0.25, -0.2) is 4.98 Å². The number of benzene rings is 1. The molecule has 0 aliphatic carbocycles. The van der Waals surface area contributed by atoms with Crippen LogP contribution in [0.25, 0.3) is 0 Å². The summed E-state index contributed by atoms with van der Waals surface area (Å²) in [4.78, 5) is 16.5. The zero-order valence-corrected chi connectivity index (χ0v) is 10.9. The molecule has 0 radical (unpaired) electrons. The van der Waals surface area contributed by atoms with Crippen molar-refractivity contribution in [1.82, 2.24) is 9.55 Å². The van der Waals surface area contributed by atoms with Crippen LogP contribution in [0.15, 0.2) is 30.7 Å². The van der Waals surface area contributed by atoms with Gasteiger partial charge in [-0.1, -0.05) is 0 Å². The first-order valence-electron chi connectivity index (χ1n) is 6.44. The van der Waals surface area contributed by atoms with Gasteiger partial charge in [-0.2, -0.15) is 0 Å². The van der Waals surface area contributed by atoms with Gasteiger partial charge >= 0.3 is 0 Å². The molecular formula is C14H15N3O3. The van der Waals surface area contributed by atoms with E-state index in [2.05, 4.69) is 4.98 Å². The maximum Gasteiger partial charge on any atom is 0.213 e. The van der Waals surface area contributed by atoms with Crippen molar-refractivity contribution in [2.24, 2.45) is 5.73 Å². The van der Waals surface area contributed by atoms with E-state index >= 15 is 0 Å². The van der Waals surface area contributed by atoms with Crippen LogP contribution in [0.5, 0.6) is 11.5 Å². The summed E-state index contributed by atoms with van der Waals surface area (Å²) in [5.41, 5.74) is 6.40. The van der Waals surface area contributed by atoms with Crippen molar-refractivity contribution in [1.29, 1.82) is 0 Å². The van der Waals surface area contributed by atoms with Crippen molar-refractivity contribution >= 4 is 5.78 Å². The Kier molecular flexibility index (Phi) is 3.39. The highest BCUT2D eigenvalue weighted by Gasteiger charge is 2.17. The monoisotopic (exact) mass is 273 g/mol. The molecule has 0 bridgehead atoms. The Morgan fingerprint density at radius 3 is 2.90 bits per heavy atom. The summed E-state index contributed by atoms with van der Waals surface area (Å²) in [7, 11) is 0. The van der Waals surface area contributed by atoms with E-state index in [1.165, 1.54) is 0 Å². The number of hydrogen-bond acceptors (Lipinski definition) is 5. The van der Waals surface area contributed by atoms with Crippen molar-refractivity contribution in [3.63, 3.8) is 0 Å². The number of fused-ring (bicyclic) bond motifs is 1. The first-order chi connectivity index (χ1) is 9.78. The van der Waals surface area contributed by atoms with E-state index in [0.29, 0.717) is 49.1 Å². The van der Waals surface area contributed by atoms with E-state index in [0.717, 1.165) is 0 Å². The van der Waals surface area contributed by atoms with Crippen LogP contribution in [0.4, 0.5) is 0 Å². The van der Waals surface area contributed by atoms with E-state index < -0.39 is 0 Å². The molecule has 104 valence electrons. The number of nitrogens with two attached hydrogens (primary N) is 1. The Balaban J connectivity index is 1.85. The summed E-state index contributed by atoms with van der Waals surface area (Å²) in [5, 5.41) is 0. The van der Waals surface area contributed by atoms with Crippen LogP contribution in [0.2, 0.25) is 0 Å². The number of ether oxygens (including phenoxy) is 2. The molecule has 1 aromatic heterocycles. The SMILES string of the molecule is NCCn1cnc(C(=O)c2ccc3c(c2)OCCO3)c1. The molecule has 6 heteroatoms. The largest absolute Gasteiger partial charge is 0.486 e. The lowest BCUT2D eigenvalue weighted by molar-refractivity contribution is 0.103. The number of aromatic nitrogens is 2. The maximum atomic E-state index is 12.3. The molecule has 3 rings (SSSR count). The smallest absolute Gasteiger partial charge is 0.213 e. The van der Waals surface area contributed by atoms with E-state index in [-0.39, 0.29) is 5.78 Å². The van der Waals surface area contributed by atoms with Gasteiger partial charge in [0.2, 0.25) is 5.78 Å². The van der Waals surface area contributed by atoms with Crippen LogP contribution in [0.3, 0.4) is 0 Å². The quantitative estimate of drug-likeness (QED) is 0.835. The van der Waals surface area contributed by atoms with Crippen LogP contribution in [-0.4, -0.2) is 35.1 Å². The minimum absolute atomic E-state index is 0.141. The van der Waals surface area contributed by atoms with E-state index in [1.807, 2.05) is 0 Å². The summed E-state index contributed by atoms with van der Waals surface area (Å²) < 4.78 is 12.7. The van der Waals surface area contributed by atoms with E-state index in [4.69, 9.17) is 15.2 Å². The molecule has 0 saturated heterocycles. The van der Waals surface area contributed by atoms with Gasteiger partial charge in [0.1, 0.15) is 18.9 Å². The zero-order valence-electron chi connectivity index (χ0n) is 10.9. The second-order valence-corrected chi connectivity index (χ2v) is 4.47. The number of hydrogen-bond donors (Lipinski definition) is 1. The average Bonchev–Trinajstić information content (AvgIpc) is 2.95. The van der Waals surface area contributed by atoms with Gasteiger partial charge in [-0.3, -0.25) is 4.79 Å². The predicted molar refractivity (Wildman–Crippen MR) is 72.1 cm³/mol. The summed E-state index contributed by atoms with van der Waals surface area (Å²) in [6.45, 7) is 2.18. The molecule has 0 saturated carbocycles. The zero-order chi connectivity index (χ0) is 13.9. The lowest BCUT2D eigenvalue weighted by Gasteiger charge is -2.18. The van der Waals surface area contributed by atoms with Crippen molar-refractivity contribution < 1.29 is 14.3 Å². The Labute approximate surface area is 116 Å². The molecule has 2 heterocycles. The number of imidazole rings is 1. The molecule has 2 N–H and O–H groups in total. The fraction of sp³-hybridized carbons (Fsp3) is 0.286. The Morgan fingerprint density at radius 2 is 2.10 bits per heavy atom. The Hall–Kier alpha value is -2.34. The molecule has 2 aromatic rings. The molecule has 0 atom stereocenters. The molecule has 20 heavy (non-hydrogen) atoms. The second kappa shape index (κ2) is 5.34. The van der Waals surface area contributed by atoms with Gasteiger partial charge in [0.25, 0.3) is 0 Å². The van der Waals surface area contributed by atoms with Gasteiger partial charge in [0, 0.05) is 24.8 Å². The minimum Gasteiger partial charge on any atom is -0.486 e. The highest BCUT2D eigenvalue weighted by molar-refractivity contribution is 6.07. The Morgan fingerprint density at radius 1 is 1.30 bits per heavy atom. The van der Waals surface area contributed by atoms with Gasteiger partial charge in [-0.05, 0) is 18.2 Å². The first-order valence-corrected chi connectivity index (χ1v) is 6.44. The normalized spacial score (nSPS) is 13.2. The van der Waals surface area contributed by atoms with E-state index in [1.54, 1.807) is 35.3 Å². The summed E-state index contributed by atoms with van der Waals surface area (Å²) in [6, 6.07) is 5.16. The fourth-order valence-corrected chi connectivity index (χ4v) is 2.08. The van der Waals surface area contributed by atoms with Gasteiger partial charge < -0.3 is 19.8 Å². The predicted octanol–water partition coefficient (Wildman–Crippen LogP) is 0.844. The maximum absolute atomic E-state index is 12.3. The number of rotatable bonds is 4. The topological polar surface area (TPSA) is 79.4 Å². The molecule has 0 spiro atoms. The van der Waals surface area contributed by atoms with Crippen LogP contribution in [0, 0.1) is 0 Å². The Bertz CT molecular complexity index is 636.